The molecule has 1 unspecified atom stereocenters. The molecule has 1 rings (SSSR count). The standard InChI is InChI=1S/C14H19ClFNOS/c1-9(2)10(3)17-14(18)8-19-7-11-4-5-12(16)6-13(11)15/h4-6,9-10H,7-8H2,1-3H3,(H,17,18). The van der Waals surface area contributed by atoms with Crippen LogP contribution in [-0.2, 0) is 10.5 Å². The molecule has 1 aromatic carbocycles. The van der Waals surface area contributed by atoms with Crippen molar-refractivity contribution in [2.75, 3.05) is 5.75 Å². The number of nitrogens with one attached hydrogen (secondary N) is 1. The number of carbonyl (C=O) groups excluding carboxylic acids is 1. The summed E-state index contributed by atoms with van der Waals surface area (Å²) in [6.45, 7) is 6.12. The number of thioether (sulfide) groups is 1. The summed E-state index contributed by atoms with van der Waals surface area (Å²) >= 11 is 7.39. The summed E-state index contributed by atoms with van der Waals surface area (Å²) in [5, 5.41) is 3.34. The highest BCUT2D eigenvalue weighted by Gasteiger charge is 2.11. The maximum absolute atomic E-state index is 12.9. The molecular formula is C14H19ClFNOS. The van der Waals surface area contributed by atoms with Crippen LogP contribution in [0.25, 0.3) is 0 Å². The average molecular weight is 304 g/mol. The van der Waals surface area contributed by atoms with Crippen LogP contribution >= 0.6 is 23.4 Å². The summed E-state index contributed by atoms with van der Waals surface area (Å²) < 4.78 is 12.9. The Morgan fingerprint density at radius 1 is 1.42 bits per heavy atom. The summed E-state index contributed by atoms with van der Waals surface area (Å²) in [7, 11) is 0. The third-order valence-electron chi connectivity index (χ3n) is 2.89. The number of halogens is 2. The van der Waals surface area contributed by atoms with Gasteiger partial charge in [-0.2, -0.15) is 0 Å². The Kier molecular flexibility index (Phi) is 6.66. The molecule has 0 saturated heterocycles. The number of carbonyl (C=O) groups is 1. The Bertz CT molecular complexity index is 439. The fourth-order valence-corrected chi connectivity index (χ4v) is 2.51. The van der Waals surface area contributed by atoms with Crippen LogP contribution in [0.5, 0.6) is 0 Å². The van der Waals surface area contributed by atoms with Crippen LogP contribution in [0.3, 0.4) is 0 Å². The molecule has 0 spiro atoms. The molecule has 106 valence electrons. The van der Waals surface area contributed by atoms with Gasteiger partial charge in [0.05, 0.1) is 5.75 Å². The van der Waals surface area contributed by atoms with E-state index in [2.05, 4.69) is 19.2 Å². The molecule has 0 heterocycles. The summed E-state index contributed by atoms with van der Waals surface area (Å²) in [6, 6.07) is 4.49. The van der Waals surface area contributed by atoms with E-state index in [1.807, 2.05) is 6.92 Å². The van der Waals surface area contributed by atoms with Crippen molar-refractivity contribution in [1.29, 1.82) is 0 Å². The molecule has 2 nitrogen and oxygen atoms in total. The van der Waals surface area contributed by atoms with Gasteiger partial charge in [-0.25, -0.2) is 4.39 Å². The highest BCUT2D eigenvalue weighted by molar-refractivity contribution is 7.99. The molecule has 1 N–H and O–H groups in total. The molecule has 1 aromatic rings. The zero-order valence-corrected chi connectivity index (χ0v) is 12.9. The van der Waals surface area contributed by atoms with Crippen LogP contribution in [0.15, 0.2) is 18.2 Å². The maximum Gasteiger partial charge on any atom is 0.230 e. The van der Waals surface area contributed by atoms with Crippen LogP contribution in [0.4, 0.5) is 4.39 Å². The number of benzene rings is 1. The third-order valence-corrected chi connectivity index (χ3v) is 4.23. The number of hydrogen-bond donors (Lipinski definition) is 1. The molecule has 0 bridgehead atoms. The van der Waals surface area contributed by atoms with Crippen molar-refractivity contribution in [2.24, 2.45) is 5.92 Å². The predicted molar refractivity (Wildman–Crippen MR) is 80.0 cm³/mol. The lowest BCUT2D eigenvalue weighted by molar-refractivity contribution is -0.119. The van der Waals surface area contributed by atoms with Crippen molar-refractivity contribution in [2.45, 2.75) is 32.6 Å². The number of rotatable bonds is 6. The van der Waals surface area contributed by atoms with Crippen LogP contribution in [0.2, 0.25) is 5.02 Å². The Labute approximate surface area is 123 Å². The van der Waals surface area contributed by atoms with Crippen molar-refractivity contribution in [3.63, 3.8) is 0 Å². The van der Waals surface area contributed by atoms with E-state index >= 15 is 0 Å². The second-order valence-corrected chi connectivity index (χ2v) is 6.22. The van der Waals surface area contributed by atoms with E-state index < -0.39 is 0 Å². The van der Waals surface area contributed by atoms with Gasteiger partial charge in [0, 0.05) is 16.8 Å². The fraction of sp³-hybridized carbons (Fsp3) is 0.500. The van der Waals surface area contributed by atoms with Crippen LogP contribution in [0.1, 0.15) is 26.3 Å². The van der Waals surface area contributed by atoms with E-state index in [-0.39, 0.29) is 17.8 Å². The van der Waals surface area contributed by atoms with Crippen molar-refractivity contribution >= 4 is 29.3 Å². The summed E-state index contributed by atoms with van der Waals surface area (Å²) in [6.07, 6.45) is 0. The molecule has 0 fully saturated rings. The lowest BCUT2D eigenvalue weighted by atomic mass is 10.1. The van der Waals surface area contributed by atoms with Crippen LogP contribution in [-0.4, -0.2) is 17.7 Å². The highest BCUT2D eigenvalue weighted by Crippen LogP contribution is 2.22. The fourth-order valence-electron chi connectivity index (χ4n) is 1.35. The van der Waals surface area contributed by atoms with E-state index in [1.54, 1.807) is 6.07 Å². The minimum atomic E-state index is -0.345. The largest absolute Gasteiger partial charge is 0.353 e. The first-order valence-corrected chi connectivity index (χ1v) is 7.74. The van der Waals surface area contributed by atoms with E-state index in [0.717, 1.165) is 5.56 Å². The highest BCUT2D eigenvalue weighted by atomic mass is 35.5. The first kappa shape index (κ1) is 16.3. The molecular weight excluding hydrogens is 285 g/mol. The number of amides is 1. The van der Waals surface area contributed by atoms with Gasteiger partial charge >= 0.3 is 0 Å². The minimum absolute atomic E-state index is 0.0180. The lowest BCUT2D eigenvalue weighted by Gasteiger charge is -2.17. The third kappa shape index (κ3) is 5.83. The van der Waals surface area contributed by atoms with Crippen molar-refractivity contribution in [3.05, 3.63) is 34.6 Å². The molecule has 5 heteroatoms. The molecule has 19 heavy (non-hydrogen) atoms. The molecule has 0 aliphatic heterocycles. The van der Waals surface area contributed by atoms with Gasteiger partial charge in [-0.1, -0.05) is 31.5 Å². The average Bonchev–Trinajstić information content (AvgIpc) is 2.31. The van der Waals surface area contributed by atoms with E-state index in [9.17, 15) is 9.18 Å². The Balaban J connectivity index is 2.36. The van der Waals surface area contributed by atoms with Crippen molar-refractivity contribution in [1.82, 2.24) is 5.32 Å². The first-order valence-electron chi connectivity index (χ1n) is 6.21. The molecule has 1 amide bonds. The second kappa shape index (κ2) is 7.75. The first-order chi connectivity index (χ1) is 8.90. The van der Waals surface area contributed by atoms with Gasteiger partial charge in [0.25, 0.3) is 0 Å². The number of hydrogen-bond acceptors (Lipinski definition) is 2. The summed E-state index contributed by atoms with van der Waals surface area (Å²) in [5.74, 6) is 1.07. The molecule has 0 aliphatic rings. The predicted octanol–water partition coefficient (Wildman–Crippen LogP) is 3.87. The SMILES string of the molecule is CC(C)C(C)NC(=O)CSCc1ccc(F)cc1Cl. The van der Waals surface area contributed by atoms with Crippen molar-refractivity contribution in [3.8, 4) is 0 Å². The normalized spacial score (nSPS) is 12.5. The monoisotopic (exact) mass is 303 g/mol. The topological polar surface area (TPSA) is 29.1 Å². The Morgan fingerprint density at radius 2 is 2.11 bits per heavy atom. The lowest BCUT2D eigenvalue weighted by Crippen LogP contribution is -2.37. The quantitative estimate of drug-likeness (QED) is 0.864. The summed E-state index contributed by atoms with van der Waals surface area (Å²) in [5.41, 5.74) is 0.845. The molecule has 0 radical (unpaired) electrons. The van der Waals surface area contributed by atoms with Gasteiger partial charge in [0.2, 0.25) is 5.91 Å². The Morgan fingerprint density at radius 3 is 2.68 bits per heavy atom. The van der Waals surface area contributed by atoms with Crippen LogP contribution in [0, 0.1) is 11.7 Å². The Hall–Kier alpha value is -0.740. The zero-order chi connectivity index (χ0) is 14.4. The molecule has 0 saturated carbocycles. The molecule has 0 aliphatic carbocycles. The minimum Gasteiger partial charge on any atom is -0.353 e. The van der Waals surface area contributed by atoms with Crippen molar-refractivity contribution < 1.29 is 9.18 Å². The van der Waals surface area contributed by atoms with Gasteiger partial charge in [-0.05, 0) is 30.5 Å². The van der Waals surface area contributed by atoms with E-state index in [0.29, 0.717) is 22.4 Å². The smallest absolute Gasteiger partial charge is 0.230 e. The van der Waals surface area contributed by atoms with Gasteiger partial charge in [0.1, 0.15) is 5.82 Å². The van der Waals surface area contributed by atoms with Crippen LogP contribution < -0.4 is 5.32 Å². The maximum atomic E-state index is 12.9. The van der Waals surface area contributed by atoms with Gasteiger partial charge in [0.15, 0.2) is 0 Å². The van der Waals surface area contributed by atoms with Gasteiger partial charge in [-0.3, -0.25) is 4.79 Å². The van der Waals surface area contributed by atoms with E-state index in [1.165, 1.54) is 23.9 Å². The van der Waals surface area contributed by atoms with E-state index in [4.69, 9.17) is 11.6 Å². The summed E-state index contributed by atoms with van der Waals surface area (Å²) in [4.78, 5) is 11.7. The van der Waals surface area contributed by atoms with Gasteiger partial charge < -0.3 is 5.32 Å². The zero-order valence-electron chi connectivity index (χ0n) is 11.4. The second-order valence-electron chi connectivity index (χ2n) is 4.83. The van der Waals surface area contributed by atoms with Gasteiger partial charge in [-0.15, -0.1) is 11.8 Å². The molecule has 1 atom stereocenters. The molecule has 0 aromatic heterocycles.